The summed E-state index contributed by atoms with van der Waals surface area (Å²) in [4.78, 5) is 0. The third kappa shape index (κ3) is 6.91. The molecule has 2 nitrogen and oxygen atoms in total. The molecule has 3 N–H and O–H groups in total. The monoisotopic (exact) mass is 215 g/mol. The molecule has 0 heterocycles. The molecule has 0 amide bonds. The number of nitrogens with two attached hydrogens (primary N) is 1. The van der Waals surface area contributed by atoms with Crippen LogP contribution in [0.4, 0.5) is 0 Å². The first-order chi connectivity index (χ1) is 7.13. The molecule has 0 saturated carbocycles. The van der Waals surface area contributed by atoms with Gasteiger partial charge in [0.1, 0.15) is 0 Å². The second-order valence-electron chi connectivity index (χ2n) is 4.91. The van der Waals surface area contributed by atoms with Crippen molar-refractivity contribution < 1.29 is 5.11 Å². The van der Waals surface area contributed by atoms with E-state index in [0.29, 0.717) is 12.5 Å². The second-order valence-corrected chi connectivity index (χ2v) is 4.91. The van der Waals surface area contributed by atoms with Crippen LogP contribution in [0.5, 0.6) is 0 Å². The topological polar surface area (TPSA) is 46.2 Å². The lowest BCUT2D eigenvalue weighted by Crippen LogP contribution is -2.31. The molecule has 0 spiro atoms. The van der Waals surface area contributed by atoms with E-state index in [9.17, 15) is 5.11 Å². The van der Waals surface area contributed by atoms with Gasteiger partial charge in [0.25, 0.3) is 0 Å². The van der Waals surface area contributed by atoms with E-state index < -0.39 is 0 Å². The lowest BCUT2D eigenvalue weighted by Gasteiger charge is -2.24. The fourth-order valence-corrected chi connectivity index (χ4v) is 2.04. The maximum atomic E-state index is 9.96. The van der Waals surface area contributed by atoms with E-state index in [1.807, 2.05) is 0 Å². The summed E-state index contributed by atoms with van der Waals surface area (Å²) in [6, 6.07) is 0. The predicted octanol–water partition coefficient (Wildman–Crippen LogP) is 2.94. The molecule has 2 atom stereocenters. The third-order valence-corrected chi connectivity index (χ3v) is 3.23. The predicted molar refractivity (Wildman–Crippen MR) is 66.8 cm³/mol. The summed E-state index contributed by atoms with van der Waals surface area (Å²) < 4.78 is 0. The van der Waals surface area contributed by atoms with E-state index in [4.69, 9.17) is 5.73 Å². The number of aliphatic hydroxyl groups excluding tert-OH is 1. The van der Waals surface area contributed by atoms with Crippen LogP contribution in [0.25, 0.3) is 0 Å². The Kier molecular flexibility index (Phi) is 9.12. The minimum atomic E-state index is -0.198. The molecule has 0 bridgehead atoms. The van der Waals surface area contributed by atoms with Crippen LogP contribution in [-0.2, 0) is 0 Å². The highest BCUT2D eigenvalue weighted by atomic mass is 16.3. The van der Waals surface area contributed by atoms with Crippen molar-refractivity contribution in [3.8, 4) is 0 Å². The Hall–Kier alpha value is -0.0800. The molecular weight excluding hydrogens is 186 g/mol. The van der Waals surface area contributed by atoms with Crippen LogP contribution >= 0.6 is 0 Å². The molecule has 0 rings (SSSR count). The van der Waals surface area contributed by atoms with Crippen LogP contribution in [-0.4, -0.2) is 17.8 Å². The number of rotatable bonds is 9. The Morgan fingerprint density at radius 2 is 1.67 bits per heavy atom. The van der Waals surface area contributed by atoms with E-state index in [2.05, 4.69) is 20.8 Å². The van der Waals surface area contributed by atoms with Gasteiger partial charge < -0.3 is 10.8 Å². The Morgan fingerprint density at radius 1 is 1.07 bits per heavy atom. The first-order valence-electron chi connectivity index (χ1n) is 6.51. The number of hydrogen-bond acceptors (Lipinski definition) is 2. The maximum absolute atomic E-state index is 9.96. The van der Waals surface area contributed by atoms with E-state index in [1.54, 1.807) is 0 Å². The van der Waals surface area contributed by atoms with Gasteiger partial charge in [0.05, 0.1) is 6.10 Å². The average molecular weight is 215 g/mol. The van der Waals surface area contributed by atoms with Gasteiger partial charge in [-0.3, -0.25) is 0 Å². The highest BCUT2D eigenvalue weighted by Crippen LogP contribution is 2.19. The van der Waals surface area contributed by atoms with E-state index >= 15 is 0 Å². The molecule has 2 heteroatoms. The lowest BCUT2D eigenvalue weighted by atomic mass is 9.87. The Labute approximate surface area is 95.3 Å². The zero-order valence-electron chi connectivity index (χ0n) is 10.7. The molecule has 92 valence electrons. The first-order valence-corrected chi connectivity index (χ1v) is 6.51. The van der Waals surface area contributed by atoms with Crippen LogP contribution in [0.15, 0.2) is 0 Å². The standard InChI is InChI=1S/C13H29NO/c1-4-5-6-7-8-9-13(15)12(10-14)11(2)3/h11-13,15H,4-10,14H2,1-3H3. The summed E-state index contributed by atoms with van der Waals surface area (Å²) in [5.74, 6) is 0.761. The summed E-state index contributed by atoms with van der Waals surface area (Å²) in [6.45, 7) is 7.10. The van der Waals surface area contributed by atoms with Crippen molar-refractivity contribution in [1.29, 1.82) is 0 Å². The molecular formula is C13H29NO. The van der Waals surface area contributed by atoms with Gasteiger partial charge in [-0.25, -0.2) is 0 Å². The fourth-order valence-electron chi connectivity index (χ4n) is 2.04. The van der Waals surface area contributed by atoms with Crippen molar-refractivity contribution >= 4 is 0 Å². The highest BCUT2D eigenvalue weighted by molar-refractivity contribution is 4.72. The van der Waals surface area contributed by atoms with Crippen LogP contribution in [0.2, 0.25) is 0 Å². The Balaban J connectivity index is 3.57. The van der Waals surface area contributed by atoms with Crippen LogP contribution in [0.3, 0.4) is 0 Å². The van der Waals surface area contributed by atoms with Gasteiger partial charge in [-0.2, -0.15) is 0 Å². The quantitative estimate of drug-likeness (QED) is 0.581. The van der Waals surface area contributed by atoms with Gasteiger partial charge in [0.15, 0.2) is 0 Å². The van der Waals surface area contributed by atoms with Crippen molar-refractivity contribution in [2.45, 2.75) is 65.4 Å². The minimum absolute atomic E-state index is 0.198. The largest absolute Gasteiger partial charge is 0.393 e. The Morgan fingerprint density at radius 3 is 2.13 bits per heavy atom. The van der Waals surface area contributed by atoms with E-state index in [0.717, 1.165) is 12.8 Å². The van der Waals surface area contributed by atoms with E-state index in [-0.39, 0.29) is 12.0 Å². The summed E-state index contributed by atoms with van der Waals surface area (Å²) >= 11 is 0. The molecule has 0 aliphatic heterocycles. The molecule has 0 saturated heterocycles. The Bertz CT molecular complexity index is 136. The number of aliphatic hydroxyl groups is 1. The van der Waals surface area contributed by atoms with Crippen molar-refractivity contribution in [1.82, 2.24) is 0 Å². The van der Waals surface area contributed by atoms with Crippen LogP contribution < -0.4 is 5.73 Å². The first kappa shape index (κ1) is 14.9. The van der Waals surface area contributed by atoms with Crippen molar-refractivity contribution in [2.24, 2.45) is 17.6 Å². The van der Waals surface area contributed by atoms with Gasteiger partial charge in [0, 0.05) is 0 Å². The second kappa shape index (κ2) is 9.17. The van der Waals surface area contributed by atoms with E-state index in [1.165, 1.54) is 25.7 Å². The van der Waals surface area contributed by atoms with Gasteiger partial charge in [-0.15, -0.1) is 0 Å². The summed E-state index contributed by atoms with van der Waals surface area (Å²) in [7, 11) is 0. The molecule has 0 aliphatic rings. The summed E-state index contributed by atoms with van der Waals surface area (Å²) in [5, 5.41) is 9.96. The molecule has 0 radical (unpaired) electrons. The molecule has 0 fully saturated rings. The molecule has 0 aromatic carbocycles. The molecule has 0 aromatic rings. The molecule has 0 aromatic heterocycles. The highest BCUT2D eigenvalue weighted by Gasteiger charge is 2.20. The van der Waals surface area contributed by atoms with Gasteiger partial charge in [-0.05, 0) is 24.8 Å². The number of hydrogen-bond donors (Lipinski definition) is 2. The van der Waals surface area contributed by atoms with Crippen LogP contribution in [0, 0.1) is 11.8 Å². The smallest absolute Gasteiger partial charge is 0.0582 e. The lowest BCUT2D eigenvalue weighted by molar-refractivity contribution is 0.0758. The van der Waals surface area contributed by atoms with Gasteiger partial charge in [0.2, 0.25) is 0 Å². The van der Waals surface area contributed by atoms with Gasteiger partial charge >= 0.3 is 0 Å². The molecule has 2 unspecified atom stereocenters. The molecule has 15 heavy (non-hydrogen) atoms. The SMILES string of the molecule is CCCCCCCC(O)C(CN)C(C)C. The maximum Gasteiger partial charge on any atom is 0.0582 e. The fraction of sp³-hybridized carbons (Fsp3) is 1.00. The van der Waals surface area contributed by atoms with Crippen molar-refractivity contribution in [3.05, 3.63) is 0 Å². The third-order valence-electron chi connectivity index (χ3n) is 3.23. The average Bonchev–Trinajstić information content (AvgIpc) is 2.18. The van der Waals surface area contributed by atoms with Crippen LogP contribution in [0.1, 0.15) is 59.3 Å². The van der Waals surface area contributed by atoms with Crippen molar-refractivity contribution in [2.75, 3.05) is 6.54 Å². The summed E-state index contributed by atoms with van der Waals surface area (Å²) in [5.41, 5.74) is 5.67. The van der Waals surface area contributed by atoms with Gasteiger partial charge in [-0.1, -0.05) is 52.9 Å². The minimum Gasteiger partial charge on any atom is -0.393 e. The zero-order chi connectivity index (χ0) is 11.7. The number of unbranched alkanes of at least 4 members (excludes halogenated alkanes) is 4. The van der Waals surface area contributed by atoms with Crippen molar-refractivity contribution in [3.63, 3.8) is 0 Å². The zero-order valence-corrected chi connectivity index (χ0v) is 10.7. The summed E-state index contributed by atoms with van der Waals surface area (Å²) in [6.07, 6.45) is 7.02. The molecule has 0 aliphatic carbocycles. The normalized spacial score (nSPS) is 15.6.